The zero-order valence-electron chi connectivity index (χ0n) is 18.9. The number of amides is 2. The lowest BCUT2D eigenvalue weighted by atomic mass is 9.97. The Balaban J connectivity index is 1.36. The normalized spacial score (nSPS) is 14.9. The third-order valence-corrected chi connectivity index (χ3v) is 8.05. The number of carbonyl (C=O) groups is 2. The maximum Gasteiger partial charge on any atom is 0.253 e. The van der Waals surface area contributed by atoms with Crippen molar-refractivity contribution >= 4 is 39.1 Å². The highest BCUT2D eigenvalue weighted by Gasteiger charge is 2.32. The molecule has 2 aromatic carbocycles. The van der Waals surface area contributed by atoms with Crippen LogP contribution in [0.2, 0.25) is 5.02 Å². The predicted molar refractivity (Wildman–Crippen MR) is 133 cm³/mol. The van der Waals surface area contributed by atoms with Crippen molar-refractivity contribution in [1.82, 2.24) is 14.6 Å². The molecule has 0 aliphatic carbocycles. The summed E-state index contributed by atoms with van der Waals surface area (Å²) in [6.07, 6.45) is 4.10. The van der Waals surface area contributed by atoms with Crippen LogP contribution in [-0.4, -0.2) is 42.6 Å². The van der Waals surface area contributed by atoms with Crippen molar-refractivity contribution in [2.45, 2.75) is 24.3 Å². The molecule has 35 heavy (non-hydrogen) atoms. The summed E-state index contributed by atoms with van der Waals surface area (Å²) in [7, 11) is -3.65. The summed E-state index contributed by atoms with van der Waals surface area (Å²) in [4.78, 5) is 29.9. The lowest BCUT2D eigenvalue weighted by molar-refractivity contribution is -0.120. The van der Waals surface area contributed by atoms with Gasteiger partial charge in [0.1, 0.15) is 0 Å². The first-order valence-corrected chi connectivity index (χ1v) is 13.0. The molecular weight excluding hydrogens is 488 g/mol. The molecule has 2 heterocycles. The monoisotopic (exact) mass is 512 g/mol. The van der Waals surface area contributed by atoms with E-state index in [0.29, 0.717) is 35.7 Å². The average molecular weight is 513 g/mol. The highest BCUT2D eigenvalue weighted by molar-refractivity contribution is 7.89. The van der Waals surface area contributed by atoms with Crippen molar-refractivity contribution in [3.63, 3.8) is 0 Å². The molecule has 2 N–H and O–H groups in total. The molecule has 1 aliphatic rings. The molecule has 8 nitrogen and oxygen atoms in total. The van der Waals surface area contributed by atoms with Gasteiger partial charge in [-0.05, 0) is 60.9 Å². The van der Waals surface area contributed by atoms with Crippen LogP contribution >= 0.6 is 11.6 Å². The van der Waals surface area contributed by atoms with Crippen LogP contribution in [0.5, 0.6) is 0 Å². The molecule has 0 spiro atoms. The molecule has 0 saturated carbocycles. The number of rotatable bonds is 7. The van der Waals surface area contributed by atoms with Gasteiger partial charge in [0.25, 0.3) is 5.91 Å². The van der Waals surface area contributed by atoms with Crippen molar-refractivity contribution in [2.75, 3.05) is 18.4 Å². The Kier molecular flexibility index (Phi) is 7.80. The van der Waals surface area contributed by atoms with Crippen molar-refractivity contribution in [2.24, 2.45) is 5.92 Å². The minimum Gasteiger partial charge on any atom is -0.348 e. The van der Waals surface area contributed by atoms with Crippen molar-refractivity contribution in [3.05, 3.63) is 89.2 Å². The van der Waals surface area contributed by atoms with E-state index in [0.717, 1.165) is 5.56 Å². The SMILES string of the molecule is O=C(NCc1cccnc1)c1ccccc1NC(=O)C1CCN(S(=O)(=O)c2ccc(Cl)cc2)CC1. The van der Waals surface area contributed by atoms with E-state index in [2.05, 4.69) is 15.6 Å². The van der Waals surface area contributed by atoms with Gasteiger partial charge in [-0.25, -0.2) is 8.42 Å². The van der Waals surface area contributed by atoms with E-state index in [1.165, 1.54) is 16.4 Å². The number of hydrogen-bond donors (Lipinski definition) is 2. The third kappa shape index (κ3) is 6.05. The fraction of sp³-hybridized carbons (Fsp3) is 0.240. The van der Waals surface area contributed by atoms with Gasteiger partial charge >= 0.3 is 0 Å². The van der Waals surface area contributed by atoms with Crippen LogP contribution in [0.15, 0.2) is 78.0 Å². The first kappa shape index (κ1) is 24.8. The van der Waals surface area contributed by atoms with E-state index in [9.17, 15) is 18.0 Å². The molecule has 182 valence electrons. The second-order valence-electron chi connectivity index (χ2n) is 8.21. The Morgan fingerprint density at radius 2 is 1.71 bits per heavy atom. The Bertz CT molecular complexity index is 1290. The fourth-order valence-corrected chi connectivity index (χ4v) is 5.51. The largest absolute Gasteiger partial charge is 0.348 e. The number of piperidine rings is 1. The second kappa shape index (κ2) is 11.0. The minimum absolute atomic E-state index is 0.177. The van der Waals surface area contributed by atoms with Crippen LogP contribution in [0.4, 0.5) is 5.69 Å². The molecule has 2 amide bonds. The number of nitrogens with one attached hydrogen (secondary N) is 2. The highest BCUT2D eigenvalue weighted by atomic mass is 35.5. The number of anilines is 1. The van der Waals surface area contributed by atoms with Crippen LogP contribution in [0.3, 0.4) is 0 Å². The van der Waals surface area contributed by atoms with Crippen LogP contribution in [0, 0.1) is 5.92 Å². The summed E-state index contributed by atoms with van der Waals surface area (Å²) in [5.41, 5.74) is 1.63. The molecule has 1 saturated heterocycles. The maximum atomic E-state index is 13.0. The van der Waals surface area contributed by atoms with E-state index in [-0.39, 0.29) is 35.7 Å². The Labute approximate surface area is 209 Å². The topological polar surface area (TPSA) is 108 Å². The number of halogens is 1. The van der Waals surface area contributed by atoms with Gasteiger partial charge in [-0.2, -0.15) is 4.31 Å². The van der Waals surface area contributed by atoms with Gasteiger partial charge in [-0.3, -0.25) is 14.6 Å². The van der Waals surface area contributed by atoms with Crippen LogP contribution in [-0.2, 0) is 21.4 Å². The Morgan fingerprint density at radius 1 is 1.00 bits per heavy atom. The van der Waals surface area contributed by atoms with Gasteiger partial charge in [0.15, 0.2) is 0 Å². The number of hydrogen-bond acceptors (Lipinski definition) is 5. The van der Waals surface area contributed by atoms with Crippen molar-refractivity contribution in [3.8, 4) is 0 Å². The molecule has 0 unspecified atom stereocenters. The quantitative estimate of drug-likeness (QED) is 0.501. The van der Waals surface area contributed by atoms with E-state index in [1.807, 2.05) is 6.07 Å². The van der Waals surface area contributed by atoms with Crippen molar-refractivity contribution < 1.29 is 18.0 Å². The summed E-state index contributed by atoms with van der Waals surface area (Å²) in [6, 6.07) is 16.5. The van der Waals surface area contributed by atoms with Gasteiger partial charge < -0.3 is 10.6 Å². The number of nitrogens with zero attached hydrogens (tertiary/aromatic N) is 2. The van der Waals surface area contributed by atoms with Crippen LogP contribution < -0.4 is 10.6 Å². The van der Waals surface area contributed by atoms with E-state index >= 15 is 0 Å². The fourth-order valence-electron chi connectivity index (χ4n) is 3.92. The number of aromatic nitrogens is 1. The molecule has 1 aromatic heterocycles. The molecule has 1 aliphatic heterocycles. The first-order chi connectivity index (χ1) is 16.8. The Morgan fingerprint density at radius 3 is 2.40 bits per heavy atom. The number of benzene rings is 2. The number of pyridine rings is 1. The molecule has 0 radical (unpaired) electrons. The summed E-state index contributed by atoms with van der Waals surface area (Å²) < 4.78 is 27.2. The van der Waals surface area contributed by atoms with Gasteiger partial charge in [0.05, 0.1) is 16.1 Å². The van der Waals surface area contributed by atoms with Crippen LogP contribution in [0.25, 0.3) is 0 Å². The highest BCUT2D eigenvalue weighted by Crippen LogP contribution is 2.26. The summed E-state index contributed by atoms with van der Waals surface area (Å²) in [5, 5.41) is 6.16. The average Bonchev–Trinajstić information content (AvgIpc) is 2.88. The summed E-state index contributed by atoms with van der Waals surface area (Å²) in [6.45, 7) is 0.780. The maximum absolute atomic E-state index is 13.0. The molecule has 0 bridgehead atoms. The number of sulfonamides is 1. The molecular formula is C25H25ClN4O4S. The van der Waals surface area contributed by atoms with Gasteiger partial charge in [-0.1, -0.05) is 29.8 Å². The van der Waals surface area contributed by atoms with E-state index in [4.69, 9.17) is 11.6 Å². The predicted octanol–water partition coefficient (Wildman–Crippen LogP) is 3.70. The lowest BCUT2D eigenvalue weighted by Crippen LogP contribution is -2.41. The second-order valence-corrected chi connectivity index (χ2v) is 10.6. The lowest BCUT2D eigenvalue weighted by Gasteiger charge is -2.30. The molecule has 10 heteroatoms. The number of carbonyl (C=O) groups excluding carboxylic acids is 2. The van der Waals surface area contributed by atoms with Gasteiger partial charge in [-0.15, -0.1) is 0 Å². The minimum atomic E-state index is -3.65. The van der Waals surface area contributed by atoms with E-state index < -0.39 is 10.0 Å². The van der Waals surface area contributed by atoms with Gasteiger partial charge in [0.2, 0.25) is 15.9 Å². The molecule has 3 aromatic rings. The molecule has 0 atom stereocenters. The Hall–Kier alpha value is -3.27. The first-order valence-electron chi connectivity index (χ1n) is 11.2. The zero-order valence-corrected chi connectivity index (χ0v) is 20.4. The summed E-state index contributed by atoms with van der Waals surface area (Å²) >= 11 is 5.86. The summed E-state index contributed by atoms with van der Waals surface area (Å²) in [5.74, 6) is -0.909. The zero-order chi connectivity index (χ0) is 24.8. The van der Waals surface area contributed by atoms with E-state index in [1.54, 1.807) is 54.9 Å². The number of para-hydroxylation sites is 1. The third-order valence-electron chi connectivity index (χ3n) is 5.88. The molecule has 4 rings (SSSR count). The smallest absolute Gasteiger partial charge is 0.253 e. The molecule has 1 fully saturated rings. The van der Waals surface area contributed by atoms with Crippen LogP contribution in [0.1, 0.15) is 28.8 Å². The van der Waals surface area contributed by atoms with Gasteiger partial charge in [0, 0.05) is 43.0 Å². The van der Waals surface area contributed by atoms with Crippen molar-refractivity contribution in [1.29, 1.82) is 0 Å². The standard InChI is InChI=1S/C25H25ClN4O4S/c26-20-7-9-21(10-8-20)35(33,34)30-14-11-19(12-15-30)24(31)29-23-6-2-1-5-22(23)25(32)28-17-18-4-3-13-27-16-18/h1-10,13,16,19H,11-12,14-15,17H2,(H,28,32)(H,29,31).